The zero-order valence-electron chi connectivity index (χ0n) is 10.9. The van der Waals surface area contributed by atoms with Crippen molar-refractivity contribution in [3.8, 4) is 0 Å². The van der Waals surface area contributed by atoms with Gasteiger partial charge in [-0.15, -0.1) is 0 Å². The van der Waals surface area contributed by atoms with Crippen LogP contribution in [0.1, 0.15) is 54.4 Å². The second-order valence-electron chi connectivity index (χ2n) is 5.03. The van der Waals surface area contributed by atoms with Gasteiger partial charge in [-0.1, -0.05) is 53.2 Å². The summed E-state index contributed by atoms with van der Waals surface area (Å²) in [5, 5.41) is 0. The van der Waals surface area contributed by atoms with Crippen molar-refractivity contribution in [2.75, 3.05) is 0 Å². The van der Waals surface area contributed by atoms with Gasteiger partial charge in [-0.25, -0.2) is 0 Å². The molecule has 0 aromatic heterocycles. The van der Waals surface area contributed by atoms with E-state index in [1.807, 2.05) is 0 Å². The molecular formula is C14H28. The van der Waals surface area contributed by atoms with E-state index in [4.69, 9.17) is 0 Å². The first-order valence-corrected chi connectivity index (χ1v) is 6.15. The van der Waals surface area contributed by atoms with Crippen molar-refractivity contribution in [2.45, 2.75) is 54.4 Å². The van der Waals surface area contributed by atoms with E-state index in [9.17, 15) is 0 Å². The van der Waals surface area contributed by atoms with Gasteiger partial charge < -0.3 is 0 Å². The summed E-state index contributed by atoms with van der Waals surface area (Å²) in [6, 6.07) is 0. The third kappa shape index (κ3) is 4.83. The van der Waals surface area contributed by atoms with Crippen LogP contribution in [-0.4, -0.2) is 0 Å². The van der Waals surface area contributed by atoms with E-state index in [-0.39, 0.29) is 0 Å². The largest absolute Gasteiger partial charge is 0.0914 e. The molecule has 0 aliphatic carbocycles. The molecule has 0 spiro atoms. The topological polar surface area (TPSA) is 0 Å². The molecule has 0 saturated heterocycles. The molecule has 0 fully saturated rings. The van der Waals surface area contributed by atoms with Crippen molar-refractivity contribution in [1.29, 1.82) is 0 Å². The minimum Gasteiger partial charge on any atom is -0.0914 e. The molecule has 0 amide bonds. The van der Waals surface area contributed by atoms with E-state index in [1.165, 1.54) is 12.8 Å². The maximum absolute atomic E-state index is 2.40. The molecule has 0 bridgehead atoms. The maximum Gasteiger partial charge on any atom is -0.0205 e. The Morgan fingerprint density at radius 1 is 1.00 bits per heavy atom. The van der Waals surface area contributed by atoms with E-state index in [0.717, 1.165) is 23.7 Å². The van der Waals surface area contributed by atoms with Crippen LogP contribution >= 0.6 is 0 Å². The van der Waals surface area contributed by atoms with E-state index >= 15 is 0 Å². The highest BCUT2D eigenvalue weighted by Crippen LogP contribution is 2.27. The average Bonchev–Trinajstić information content (AvgIpc) is 2.15. The zero-order valence-corrected chi connectivity index (χ0v) is 10.9. The van der Waals surface area contributed by atoms with E-state index in [2.05, 4.69) is 53.7 Å². The van der Waals surface area contributed by atoms with Crippen LogP contribution in [0, 0.1) is 23.7 Å². The van der Waals surface area contributed by atoms with E-state index < -0.39 is 0 Å². The third-order valence-electron chi connectivity index (χ3n) is 3.60. The van der Waals surface area contributed by atoms with Gasteiger partial charge in [-0.3, -0.25) is 0 Å². The second-order valence-corrected chi connectivity index (χ2v) is 5.03. The summed E-state index contributed by atoms with van der Waals surface area (Å²) in [4.78, 5) is 0. The standard InChI is InChI=1S/C14H28/c1-7-9-14(12(5)8-2)10-13(6)11(3)4/h7,9,11-14H,8,10H2,1-6H3/b9-7+. The molecule has 14 heavy (non-hydrogen) atoms. The van der Waals surface area contributed by atoms with Crippen LogP contribution in [0.25, 0.3) is 0 Å². The van der Waals surface area contributed by atoms with E-state index in [1.54, 1.807) is 0 Å². The number of hydrogen-bond acceptors (Lipinski definition) is 0. The molecule has 0 saturated carbocycles. The molecule has 3 unspecified atom stereocenters. The number of allylic oxidation sites excluding steroid dienone is 2. The SMILES string of the molecule is C/C=C/C(CC(C)C(C)C)C(C)CC. The quantitative estimate of drug-likeness (QED) is 0.530. The Labute approximate surface area is 90.8 Å². The van der Waals surface area contributed by atoms with Gasteiger partial charge in [0.1, 0.15) is 0 Å². The van der Waals surface area contributed by atoms with Gasteiger partial charge in [0, 0.05) is 0 Å². The lowest BCUT2D eigenvalue weighted by Gasteiger charge is -2.25. The fraction of sp³-hybridized carbons (Fsp3) is 0.857. The molecule has 0 aliphatic rings. The Morgan fingerprint density at radius 2 is 1.57 bits per heavy atom. The Balaban J connectivity index is 4.22. The summed E-state index contributed by atoms with van der Waals surface area (Å²) in [7, 11) is 0. The first-order valence-electron chi connectivity index (χ1n) is 6.15. The lowest BCUT2D eigenvalue weighted by atomic mass is 9.81. The maximum atomic E-state index is 2.40. The van der Waals surface area contributed by atoms with Crippen molar-refractivity contribution in [1.82, 2.24) is 0 Å². The minimum absolute atomic E-state index is 0.780. The van der Waals surface area contributed by atoms with Crippen LogP contribution < -0.4 is 0 Å². The van der Waals surface area contributed by atoms with Gasteiger partial charge >= 0.3 is 0 Å². The fourth-order valence-corrected chi connectivity index (χ4v) is 1.75. The molecule has 0 heterocycles. The van der Waals surface area contributed by atoms with Gasteiger partial charge in [0.15, 0.2) is 0 Å². The lowest BCUT2D eigenvalue weighted by molar-refractivity contribution is 0.291. The summed E-state index contributed by atoms with van der Waals surface area (Å²) >= 11 is 0. The molecule has 0 N–H and O–H groups in total. The molecule has 0 aliphatic heterocycles. The van der Waals surface area contributed by atoms with Crippen LogP contribution in [0.3, 0.4) is 0 Å². The molecule has 0 radical (unpaired) electrons. The van der Waals surface area contributed by atoms with Crippen molar-refractivity contribution in [2.24, 2.45) is 23.7 Å². The fourth-order valence-electron chi connectivity index (χ4n) is 1.75. The molecule has 0 aromatic rings. The monoisotopic (exact) mass is 196 g/mol. The van der Waals surface area contributed by atoms with E-state index in [0.29, 0.717) is 0 Å². The van der Waals surface area contributed by atoms with Gasteiger partial charge in [-0.05, 0) is 37.0 Å². The van der Waals surface area contributed by atoms with Gasteiger partial charge in [0.2, 0.25) is 0 Å². The normalized spacial score (nSPS) is 18.8. The summed E-state index contributed by atoms with van der Waals surface area (Å²) in [6.07, 6.45) is 7.24. The van der Waals surface area contributed by atoms with Crippen molar-refractivity contribution >= 4 is 0 Å². The average molecular weight is 196 g/mol. The number of rotatable bonds is 6. The Bertz CT molecular complexity index is 155. The predicted molar refractivity (Wildman–Crippen MR) is 66.4 cm³/mol. The van der Waals surface area contributed by atoms with Crippen LogP contribution in [0.4, 0.5) is 0 Å². The summed E-state index contributed by atoms with van der Waals surface area (Å²) < 4.78 is 0. The van der Waals surface area contributed by atoms with Gasteiger partial charge in [0.25, 0.3) is 0 Å². The van der Waals surface area contributed by atoms with Crippen molar-refractivity contribution < 1.29 is 0 Å². The number of hydrogen-bond donors (Lipinski definition) is 0. The first kappa shape index (κ1) is 13.7. The van der Waals surface area contributed by atoms with Crippen LogP contribution in [-0.2, 0) is 0 Å². The highest BCUT2D eigenvalue weighted by molar-refractivity contribution is 4.89. The summed E-state index contributed by atoms with van der Waals surface area (Å²) in [6.45, 7) is 13.8. The highest BCUT2D eigenvalue weighted by atomic mass is 14.2. The van der Waals surface area contributed by atoms with Crippen LogP contribution in [0.5, 0.6) is 0 Å². The minimum atomic E-state index is 0.780. The van der Waals surface area contributed by atoms with Crippen LogP contribution in [0.2, 0.25) is 0 Å². The van der Waals surface area contributed by atoms with Crippen molar-refractivity contribution in [3.05, 3.63) is 12.2 Å². The molecule has 84 valence electrons. The highest BCUT2D eigenvalue weighted by Gasteiger charge is 2.17. The second kappa shape index (κ2) is 7.09. The van der Waals surface area contributed by atoms with Crippen LogP contribution in [0.15, 0.2) is 12.2 Å². The molecule has 0 rings (SSSR count). The lowest BCUT2D eigenvalue weighted by Crippen LogP contribution is -2.15. The zero-order chi connectivity index (χ0) is 11.1. The smallest absolute Gasteiger partial charge is 0.0205 e. The first-order chi connectivity index (χ1) is 6.52. The summed E-state index contributed by atoms with van der Waals surface area (Å²) in [5.74, 6) is 3.26. The van der Waals surface area contributed by atoms with Gasteiger partial charge in [-0.2, -0.15) is 0 Å². The third-order valence-corrected chi connectivity index (χ3v) is 3.60. The molecule has 3 atom stereocenters. The molecule has 0 heteroatoms. The summed E-state index contributed by atoms with van der Waals surface area (Å²) in [5.41, 5.74) is 0. The Kier molecular flexibility index (Phi) is 6.96. The predicted octanol–water partition coefficient (Wildman–Crippen LogP) is 4.91. The molecule has 0 aromatic carbocycles. The Hall–Kier alpha value is -0.260. The Morgan fingerprint density at radius 3 is 1.93 bits per heavy atom. The van der Waals surface area contributed by atoms with Crippen molar-refractivity contribution in [3.63, 3.8) is 0 Å². The van der Waals surface area contributed by atoms with Gasteiger partial charge in [0.05, 0.1) is 0 Å². The molecule has 0 nitrogen and oxygen atoms in total. The molecular weight excluding hydrogens is 168 g/mol.